The van der Waals surface area contributed by atoms with Gasteiger partial charge in [0.1, 0.15) is 13.2 Å². The van der Waals surface area contributed by atoms with Crippen LogP contribution >= 0.6 is 0 Å². The summed E-state index contributed by atoms with van der Waals surface area (Å²) in [6, 6.07) is 4.10. The molecule has 0 unspecified atom stereocenters. The van der Waals surface area contributed by atoms with E-state index in [-0.39, 0.29) is 6.61 Å². The monoisotopic (exact) mass is 208 g/mol. The highest BCUT2D eigenvalue weighted by Gasteiger charge is 2.17. The summed E-state index contributed by atoms with van der Waals surface area (Å²) in [6.45, 7) is 3.46. The highest BCUT2D eigenvalue weighted by atomic mass is 16.6. The number of aliphatic hydroxyl groups is 1. The highest BCUT2D eigenvalue weighted by molar-refractivity contribution is 5.52. The number of aryl methyl sites for hydroxylation is 2. The molecule has 3 heteroatoms. The van der Waals surface area contributed by atoms with E-state index >= 15 is 0 Å². The fourth-order valence-electron chi connectivity index (χ4n) is 1.79. The van der Waals surface area contributed by atoms with E-state index in [1.807, 2.05) is 13.0 Å². The zero-order valence-electron chi connectivity index (χ0n) is 8.95. The summed E-state index contributed by atoms with van der Waals surface area (Å²) in [4.78, 5) is 0. The maximum atomic E-state index is 8.81. The summed E-state index contributed by atoms with van der Waals surface area (Å²) < 4.78 is 11.2. The Balaban J connectivity index is 2.30. The minimum absolute atomic E-state index is 0.212. The van der Waals surface area contributed by atoms with Crippen molar-refractivity contribution < 1.29 is 14.6 Å². The molecular weight excluding hydrogens is 192 g/mol. The molecule has 1 aliphatic rings. The van der Waals surface area contributed by atoms with Gasteiger partial charge in [0, 0.05) is 6.61 Å². The molecule has 15 heavy (non-hydrogen) atoms. The van der Waals surface area contributed by atoms with Crippen LogP contribution in [0.4, 0.5) is 0 Å². The molecule has 1 N–H and O–H groups in total. The molecule has 2 rings (SSSR count). The van der Waals surface area contributed by atoms with Crippen molar-refractivity contribution in [1.29, 1.82) is 0 Å². The molecule has 0 spiro atoms. The standard InChI is InChI=1S/C12H16O3/c1-9-4-5-10(3-2-6-13)12-11(9)14-7-8-15-12/h4-5,13H,2-3,6-8H2,1H3. The Morgan fingerprint density at radius 2 is 1.93 bits per heavy atom. The maximum absolute atomic E-state index is 8.81. The average molecular weight is 208 g/mol. The van der Waals surface area contributed by atoms with Gasteiger partial charge in [-0.15, -0.1) is 0 Å². The Labute approximate surface area is 89.6 Å². The van der Waals surface area contributed by atoms with Gasteiger partial charge in [-0.05, 0) is 30.9 Å². The lowest BCUT2D eigenvalue weighted by Crippen LogP contribution is -2.17. The number of aliphatic hydroxyl groups excluding tert-OH is 1. The first-order valence-corrected chi connectivity index (χ1v) is 5.32. The third-order valence-corrected chi connectivity index (χ3v) is 2.57. The zero-order chi connectivity index (χ0) is 10.7. The summed E-state index contributed by atoms with van der Waals surface area (Å²) in [5.74, 6) is 1.74. The van der Waals surface area contributed by atoms with Crippen molar-refractivity contribution >= 4 is 0 Å². The smallest absolute Gasteiger partial charge is 0.164 e. The predicted molar refractivity (Wildman–Crippen MR) is 57.6 cm³/mol. The molecule has 0 aromatic heterocycles. The molecule has 1 heterocycles. The molecule has 1 aromatic carbocycles. The number of benzene rings is 1. The van der Waals surface area contributed by atoms with Crippen LogP contribution in [0.25, 0.3) is 0 Å². The molecule has 0 saturated heterocycles. The van der Waals surface area contributed by atoms with Crippen LogP contribution in [0, 0.1) is 6.92 Å². The lowest BCUT2D eigenvalue weighted by atomic mass is 10.0. The fourth-order valence-corrected chi connectivity index (χ4v) is 1.79. The lowest BCUT2D eigenvalue weighted by Gasteiger charge is -2.22. The van der Waals surface area contributed by atoms with Gasteiger partial charge < -0.3 is 14.6 Å². The third-order valence-electron chi connectivity index (χ3n) is 2.57. The van der Waals surface area contributed by atoms with Crippen LogP contribution in [0.3, 0.4) is 0 Å². The number of hydrogen-bond acceptors (Lipinski definition) is 3. The van der Waals surface area contributed by atoms with Gasteiger partial charge in [-0.25, -0.2) is 0 Å². The first-order chi connectivity index (χ1) is 7.33. The van der Waals surface area contributed by atoms with Gasteiger partial charge in [0.2, 0.25) is 0 Å². The molecule has 0 fully saturated rings. The molecular formula is C12H16O3. The van der Waals surface area contributed by atoms with Gasteiger partial charge in [-0.2, -0.15) is 0 Å². The molecule has 0 radical (unpaired) electrons. The lowest BCUT2D eigenvalue weighted by molar-refractivity contribution is 0.168. The van der Waals surface area contributed by atoms with Gasteiger partial charge in [-0.3, -0.25) is 0 Å². The highest BCUT2D eigenvalue weighted by Crippen LogP contribution is 2.37. The van der Waals surface area contributed by atoms with E-state index in [9.17, 15) is 0 Å². The van der Waals surface area contributed by atoms with Crippen LogP contribution in [0.15, 0.2) is 12.1 Å². The summed E-state index contributed by atoms with van der Waals surface area (Å²) in [5.41, 5.74) is 2.24. The Morgan fingerprint density at radius 1 is 1.20 bits per heavy atom. The van der Waals surface area contributed by atoms with Gasteiger partial charge in [0.05, 0.1) is 0 Å². The van der Waals surface area contributed by atoms with E-state index in [0.29, 0.717) is 13.2 Å². The first-order valence-electron chi connectivity index (χ1n) is 5.32. The van der Waals surface area contributed by atoms with Gasteiger partial charge in [-0.1, -0.05) is 12.1 Å². The van der Waals surface area contributed by atoms with Gasteiger partial charge >= 0.3 is 0 Å². The van der Waals surface area contributed by atoms with E-state index in [4.69, 9.17) is 14.6 Å². The Morgan fingerprint density at radius 3 is 2.67 bits per heavy atom. The molecule has 0 saturated carbocycles. The molecule has 82 valence electrons. The van der Waals surface area contributed by atoms with Crippen molar-refractivity contribution in [2.24, 2.45) is 0 Å². The maximum Gasteiger partial charge on any atom is 0.164 e. The summed E-state index contributed by atoms with van der Waals surface area (Å²) >= 11 is 0. The van der Waals surface area contributed by atoms with Crippen LogP contribution in [0.1, 0.15) is 17.5 Å². The minimum atomic E-state index is 0.212. The molecule has 0 bridgehead atoms. The largest absolute Gasteiger partial charge is 0.486 e. The second-order valence-corrected chi connectivity index (χ2v) is 3.72. The summed E-state index contributed by atoms with van der Waals surface area (Å²) in [7, 11) is 0. The number of rotatable bonds is 3. The SMILES string of the molecule is Cc1ccc(CCCO)c2c1OCCO2. The average Bonchev–Trinajstić information content (AvgIpc) is 2.29. The van der Waals surface area contributed by atoms with E-state index in [2.05, 4.69) is 6.07 Å². The second kappa shape index (κ2) is 4.53. The van der Waals surface area contributed by atoms with Gasteiger partial charge in [0.25, 0.3) is 0 Å². The van der Waals surface area contributed by atoms with Crippen molar-refractivity contribution in [3.05, 3.63) is 23.3 Å². The Kier molecular flexibility index (Phi) is 3.11. The third kappa shape index (κ3) is 2.07. The second-order valence-electron chi connectivity index (χ2n) is 3.72. The summed E-state index contributed by atoms with van der Waals surface area (Å²) in [6.07, 6.45) is 1.60. The summed E-state index contributed by atoms with van der Waals surface area (Å²) in [5, 5.41) is 8.81. The Bertz CT molecular complexity index is 347. The van der Waals surface area contributed by atoms with E-state index in [1.165, 1.54) is 0 Å². The molecule has 3 nitrogen and oxygen atoms in total. The van der Waals surface area contributed by atoms with E-state index in [0.717, 1.165) is 35.5 Å². The number of ether oxygens (including phenoxy) is 2. The predicted octanol–water partition coefficient (Wildman–Crippen LogP) is 1.69. The number of fused-ring (bicyclic) bond motifs is 1. The topological polar surface area (TPSA) is 38.7 Å². The van der Waals surface area contributed by atoms with Crippen LogP contribution in [0.2, 0.25) is 0 Å². The van der Waals surface area contributed by atoms with Crippen LogP contribution in [-0.2, 0) is 6.42 Å². The van der Waals surface area contributed by atoms with Crippen molar-refractivity contribution in [2.75, 3.05) is 19.8 Å². The normalized spacial score (nSPS) is 14.0. The molecule has 0 atom stereocenters. The van der Waals surface area contributed by atoms with Crippen molar-refractivity contribution in [3.63, 3.8) is 0 Å². The molecule has 0 aliphatic carbocycles. The number of hydrogen-bond donors (Lipinski definition) is 1. The van der Waals surface area contributed by atoms with E-state index in [1.54, 1.807) is 0 Å². The van der Waals surface area contributed by atoms with E-state index < -0.39 is 0 Å². The zero-order valence-corrected chi connectivity index (χ0v) is 8.95. The van der Waals surface area contributed by atoms with Crippen molar-refractivity contribution in [1.82, 2.24) is 0 Å². The van der Waals surface area contributed by atoms with Gasteiger partial charge in [0.15, 0.2) is 11.5 Å². The van der Waals surface area contributed by atoms with Crippen molar-refractivity contribution in [2.45, 2.75) is 19.8 Å². The minimum Gasteiger partial charge on any atom is -0.486 e. The van der Waals surface area contributed by atoms with Crippen LogP contribution in [-0.4, -0.2) is 24.9 Å². The molecule has 1 aliphatic heterocycles. The molecule has 1 aromatic rings. The van der Waals surface area contributed by atoms with Crippen molar-refractivity contribution in [3.8, 4) is 11.5 Å². The fraction of sp³-hybridized carbons (Fsp3) is 0.500. The quantitative estimate of drug-likeness (QED) is 0.821. The first kappa shape index (κ1) is 10.3. The molecule has 0 amide bonds. The Hall–Kier alpha value is -1.22. The van der Waals surface area contributed by atoms with Crippen LogP contribution in [0.5, 0.6) is 11.5 Å². The van der Waals surface area contributed by atoms with Crippen LogP contribution < -0.4 is 9.47 Å².